The van der Waals surface area contributed by atoms with Crippen LogP contribution in [0.5, 0.6) is 0 Å². The molecule has 1 aliphatic heterocycles. The average Bonchev–Trinajstić information content (AvgIpc) is 2.96. The molecule has 0 radical (unpaired) electrons. The number of piperidine rings is 1. The molecule has 3 heterocycles. The number of fused-ring (bicyclic) bond motifs is 1. The Labute approximate surface area is 131 Å². The Morgan fingerprint density at radius 1 is 1.45 bits per heavy atom. The maximum Gasteiger partial charge on any atom is 0.321 e. The standard InChI is InChI=1S/C17H24N4O/c1-2-3-5-13-7-10-21(11-8-13)17(22)20-15-12-19-14-6-4-9-18-16(14)15/h4,6,9,12-13,19H,2-3,5,7-8,10-11H2,1H3,(H,20,22). The van der Waals surface area contributed by atoms with Gasteiger partial charge in [-0.15, -0.1) is 0 Å². The smallest absolute Gasteiger partial charge is 0.321 e. The molecule has 1 aliphatic rings. The molecule has 5 heteroatoms. The Balaban J connectivity index is 1.57. The number of carbonyl (C=O) groups is 1. The summed E-state index contributed by atoms with van der Waals surface area (Å²) < 4.78 is 0. The van der Waals surface area contributed by atoms with Gasteiger partial charge >= 0.3 is 6.03 Å². The second kappa shape index (κ2) is 6.81. The van der Waals surface area contributed by atoms with Gasteiger partial charge in [0.25, 0.3) is 0 Å². The summed E-state index contributed by atoms with van der Waals surface area (Å²) in [5.41, 5.74) is 2.51. The Morgan fingerprint density at radius 3 is 3.05 bits per heavy atom. The van der Waals surface area contributed by atoms with Crippen LogP contribution in [0.3, 0.4) is 0 Å². The van der Waals surface area contributed by atoms with Gasteiger partial charge in [0.15, 0.2) is 0 Å². The van der Waals surface area contributed by atoms with Gasteiger partial charge in [-0.3, -0.25) is 4.98 Å². The average molecular weight is 300 g/mol. The summed E-state index contributed by atoms with van der Waals surface area (Å²) in [6.07, 6.45) is 9.66. The number of rotatable bonds is 4. The number of hydrogen-bond acceptors (Lipinski definition) is 2. The number of anilines is 1. The fourth-order valence-corrected chi connectivity index (χ4v) is 3.16. The number of aromatic nitrogens is 2. The largest absolute Gasteiger partial charge is 0.358 e. The summed E-state index contributed by atoms with van der Waals surface area (Å²) in [5, 5.41) is 2.99. The van der Waals surface area contributed by atoms with Gasteiger partial charge in [-0.05, 0) is 30.9 Å². The van der Waals surface area contributed by atoms with Crippen molar-refractivity contribution in [2.75, 3.05) is 18.4 Å². The van der Waals surface area contributed by atoms with Crippen molar-refractivity contribution in [3.05, 3.63) is 24.5 Å². The van der Waals surface area contributed by atoms with Crippen molar-refractivity contribution < 1.29 is 4.79 Å². The van der Waals surface area contributed by atoms with Gasteiger partial charge in [-0.2, -0.15) is 0 Å². The molecular weight excluding hydrogens is 276 g/mol. The van der Waals surface area contributed by atoms with Crippen molar-refractivity contribution in [1.82, 2.24) is 14.9 Å². The molecule has 118 valence electrons. The van der Waals surface area contributed by atoms with Crippen LogP contribution in [0.15, 0.2) is 24.5 Å². The number of nitrogens with one attached hydrogen (secondary N) is 2. The minimum absolute atomic E-state index is 0.0134. The number of pyridine rings is 1. The van der Waals surface area contributed by atoms with Crippen molar-refractivity contribution in [3.8, 4) is 0 Å². The van der Waals surface area contributed by atoms with Crippen LogP contribution in [0.25, 0.3) is 11.0 Å². The lowest BCUT2D eigenvalue weighted by Crippen LogP contribution is -2.41. The number of aromatic amines is 1. The van der Waals surface area contributed by atoms with Crippen LogP contribution in [0.2, 0.25) is 0 Å². The molecule has 0 unspecified atom stereocenters. The summed E-state index contributed by atoms with van der Waals surface area (Å²) in [4.78, 5) is 21.8. The zero-order valence-corrected chi connectivity index (χ0v) is 13.1. The van der Waals surface area contributed by atoms with Crippen molar-refractivity contribution in [2.24, 2.45) is 5.92 Å². The van der Waals surface area contributed by atoms with Gasteiger partial charge in [0, 0.05) is 25.5 Å². The van der Waals surface area contributed by atoms with Crippen LogP contribution >= 0.6 is 0 Å². The maximum absolute atomic E-state index is 12.4. The summed E-state index contributed by atoms with van der Waals surface area (Å²) in [6.45, 7) is 3.95. The highest BCUT2D eigenvalue weighted by Gasteiger charge is 2.23. The first-order chi connectivity index (χ1) is 10.8. The minimum atomic E-state index is -0.0134. The molecule has 0 saturated carbocycles. The Hall–Kier alpha value is -2.04. The summed E-state index contributed by atoms with van der Waals surface area (Å²) in [5.74, 6) is 0.791. The van der Waals surface area contributed by atoms with E-state index in [1.54, 1.807) is 6.20 Å². The molecule has 2 aromatic heterocycles. The van der Waals surface area contributed by atoms with Gasteiger partial charge < -0.3 is 15.2 Å². The third-order valence-electron chi connectivity index (χ3n) is 4.54. The second-order valence-electron chi connectivity index (χ2n) is 6.10. The Bertz CT molecular complexity index is 628. The molecule has 1 saturated heterocycles. The zero-order valence-electron chi connectivity index (χ0n) is 13.1. The lowest BCUT2D eigenvalue weighted by molar-refractivity contribution is 0.179. The Kier molecular flexibility index (Phi) is 4.61. The third-order valence-corrected chi connectivity index (χ3v) is 4.54. The first-order valence-electron chi connectivity index (χ1n) is 8.26. The second-order valence-corrected chi connectivity index (χ2v) is 6.10. The van der Waals surface area contributed by atoms with Crippen LogP contribution in [0, 0.1) is 5.92 Å². The highest BCUT2D eigenvalue weighted by atomic mass is 16.2. The molecule has 0 aromatic carbocycles. The zero-order chi connectivity index (χ0) is 15.4. The van der Waals surface area contributed by atoms with E-state index in [1.807, 2.05) is 23.2 Å². The summed E-state index contributed by atoms with van der Waals surface area (Å²) in [7, 11) is 0. The van der Waals surface area contributed by atoms with E-state index in [9.17, 15) is 4.79 Å². The van der Waals surface area contributed by atoms with Gasteiger partial charge in [-0.1, -0.05) is 26.2 Å². The van der Waals surface area contributed by atoms with Crippen LogP contribution < -0.4 is 5.32 Å². The van der Waals surface area contributed by atoms with Gasteiger partial charge in [0.2, 0.25) is 0 Å². The highest BCUT2D eigenvalue weighted by molar-refractivity contribution is 5.98. The van der Waals surface area contributed by atoms with E-state index in [0.717, 1.165) is 48.6 Å². The molecule has 0 spiro atoms. The van der Waals surface area contributed by atoms with Crippen LogP contribution in [-0.2, 0) is 0 Å². The van der Waals surface area contributed by atoms with Crippen LogP contribution in [0.1, 0.15) is 39.0 Å². The molecule has 0 bridgehead atoms. The molecule has 1 fully saturated rings. The number of H-pyrrole nitrogens is 1. The molecule has 5 nitrogen and oxygen atoms in total. The lowest BCUT2D eigenvalue weighted by atomic mass is 9.92. The highest BCUT2D eigenvalue weighted by Crippen LogP contribution is 2.24. The predicted octanol–water partition coefficient (Wildman–Crippen LogP) is 4.00. The predicted molar refractivity (Wildman–Crippen MR) is 88.9 cm³/mol. The fourth-order valence-electron chi connectivity index (χ4n) is 3.16. The van der Waals surface area contributed by atoms with E-state index in [2.05, 4.69) is 22.2 Å². The van der Waals surface area contributed by atoms with Crippen molar-refractivity contribution in [3.63, 3.8) is 0 Å². The fraction of sp³-hybridized carbons (Fsp3) is 0.529. The number of amides is 2. The number of likely N-dealkylation sites (tertiary alicyclic amines) is 1. The van der Waals surface area contributed by atoms with Crippen molar-refractivity contribution >= 4 is 22.8 Å². The summed E-state index contributed by atoms with van der Waals surface area (Å²) in [6, 6.07) is 3.82. The number of hydrogen-bond donors (Lipinski definition) is 2. The third kappa shape index (κ3) is 3.24. The van der Waals surface area contributed by atoms with E-state index in [0.29, 0.717) is 0 Å². The Morgan fingerprint density at radius 2 is 2.27 bits per heavy atom. The maximum atomic E-state index is 12.4. The lowest BCUT2D eigenvalue weighted by Gasteiger charge is -2.32. The molecule has 0 aliphatic carbocycles. The van der Waals surface area contributed by atoms with Crippen molar-refractivity contribution in [2.45, 2.75) is 39.0 Å². The first kappa shape index (κ1) is 14.9. The summed E-state index contributed by atoms with van der Waals surface area (Å²) >= 11 is 0. The van der Waals surface area contributed by atoms with Gasteiger partial charge in [0.1, 0.15) is 5.52 Å². The van der Waals surface area contributed by atoms with E-state index in [4.69, 9.17) is 0 Å². The van der Waals surface area contributed by atoms with Gasteiger partial charge in [0.05, 0.1) is 11.2 Å². The monoisotopic (exact) mass is 300 g/mol. The number of unbranched alkanes of at least 4 members (excludes halogenated alkanes) is 1. The van der Waals surface area contributed by atoms with Crippen LogP contribution in [0.4, 0.5) is 10.5 Å². The quantitative estimate of drug-likeness (QED) is 0.896. The topological polar surface area (TPSA) is 61.0 Å². The number of nitrogens with zero attached hydrogens (tertiary/aromatic N) is 2. The van der Waals surface area contributed by atoms with Gasteiger partial charge in [-0.25, -0.2) is 4.79 Å². The van der Waals surface area contributed by atoms with E-state index < -0.39 is 0 Å². The molecule has 2 N–H and O–H groups in total. The minimum Gasteiger partial charge on any atom is -0.358 e. The molecule has 2 aromatic rings. The molecule has 22 heavy (non-hydrogen) atoms. The number of urea groups is 1. The van der Waals surface area contributed by atoms with E-state index in [-0.39, 0.29) is 6.03 Å². The van der Waals surface area contributed by atoms with E-state index >= 15 is 0 Å². The SMILES string of the molecule is CCCCC1CCN(C(=O)Nc2c[nH]c3cccnc23)CC1. The van der Waals surface area contributed by atoms with Crippen LogP contribution in [-0.4, -0.2) is 34.0 Å². The normalized spacial score (nSPS) is 16.1. The van der Waals surface area contributed by atoms with Crippen molar-refractivity contribution in [1.29, 1.82) is 0 Å². The molecule has 2 amide bonds. The number of carbonyl (C=O) groups excluding carboxylic acids is 1. The van der Waals surface area contributed by atoms with E-state index in [1.165, 1.54) is 19.3 Å². The molecular formula is C17H24N4O. The molecule has 3 rings (SSSR count). The first-order valence-corrected chi connectivity index (χ1v) is 8.26. The molecule has 0 atom stereocenters.